The van der Waals surface area contributed by atoms with E-state index in [4.69, 9.17) is 0 Å². The molecule has 100 valence electrons. The van der Waals surface area contributed by atoms with E-state index in [0.717, 1.165) is 18.4 Å². The van der Waals surface area contributed by atoms with E-state index in [1.54, 1.807) is 17.3 Å². The number of aromatic nitrogens is 1. The maximum atomic E-state index is 12.1. The van der Waals surface area contributed by atoms with Crippen molar-refractivity contribution < 1.29 is 14.7 Å². The minimum Gasteiger partial charge on any atom is -0.481 e. The number of hydrogen-bond acceptors (Lipinski definition) is 3. The lowest BCUT2D eigenvalue weighted by atomic mass is 9.84. The number of amides is 1. The van der Waals surface area contributed by atoms with Gasteiger partial charge in [0.25, 0.3) is 0 Å². The van der Waals surface area contributed by atoms with Crippen molar-refractivity contribution in [2.45, 2.75) is 37.8 Å². The van der Waals surface area contributed by atoms with E-state index < -0.39 is 11.9 Å². The predicted molar refractivity (Wildman–Crippen MR) is 67.2 cm³/mol. The molecular formula is C14H16N2O3. The molecule has 1 saturated carbocycles. The monoisotopic (exact) mass is 260 g/mol. The van der Waals surface area contributed by atoms with Gasteiger partial charge < -0.3 is 10.0 Å². The Morgan fingerprint density at radius 3 is 2.53 bits per heavy atom. The average molecular weight is 260 g/mol. The smallest absolute Gasteiger partial charge is 0.308 e. The number of hydrogen-bond donors (Lipinski definition) is 1. The largest absolute Gasteiger partial charge is 0.481 e. The van der Waals surface area contributed by atoms with Gasteiger partial charge in [-0.2, -0.15) is 0 Å². The van der Waals surface area contributed by atoms with Gasteiger partial charge in [0.2, 0.25) is 5.91 Å². The van der Waals surface area contributed by atoms with Crippen molar-refractivity contribution in [1.29, 1.82) is 0 Å². The topological polar surface area (TPSA) is 70.5 Å². The summed E-state index contributed by atoms with van der Waals surface area (Å²) in [7, 11) is 0. The van der Waals surface area contributed by atoms with Gasteiger partial charge in [-0.1, -0.05) is 0 Å². The van der Waals surface area contributed by atoms with E-state index in [1.165, 1.54) is 0 Å². The average Bonchev–Trinajstić information content (AvgIpc) is 3.23. The summed E-state index contributed by atoms with van der Waals surface area (Å²) in [6, 6.07) is 3.52. The van der Waals surface area contributed by atoms with Crippen LogP contribution in [-0.4, -0.2) is 32.9 Å². The molecule has 2 heterocycles. The molecule has 2 fully saturated rings. The summed E-state index contributed by atoms with van der Waals surface area (Å²) >= 11 is 0. The van der Waals surface area contributed by atoms with Gasteiger partial charge >= 0.3 is 5.97 Å². The quantitative estimate of drug-likeness (QED) is 0.896. The van der Waals surface area contributed by atoms with Gasteiger partial charge in [0.05, 0.1) is 12.0 Å². The lowest BCUT2D eigenvalue weighted by molar-refractivity contribution is -0.152. The van der Waals surface area contributed by atoms with Gasteiger partial charge in [0.15, 0.2) is 0 Å². The van der Waals surface area contributed by atoms with Crippen LogP contribution in [0.15, 0.2) is 24.5 Å². The van der Waals surface area contributed by atoms with Crippen LogP contribution in [0.2, 0.25) is 0 Å². The molecule has 5 heteroatoms. The van der Waals surface area contributed by atoms with E-state index in [-0.39, 0.29) is 18.0 Å². The Hall–Kier alpha value is -1.91. The number of piperidine rings is 1. The molecule has 1 aromatic heterocycles. The lowest BCUT2D eigenvalue weighted by Crippen LogP contribution is -2.46. The molecule has 3 rings (SSSR count). The highest BCUT2D eigenvalue weighted by Gasteiger charge is 2.46. The highest BCUT2D eigenvalue weighted by molar-refractivity contribution is 5.82. The van der Waals surface area contributed by atoms with Crippen molar-refractivity contribution in [2.24, 2.45) is 5.92 Å². The number of pyridine rings is 1. The molecule has 0 radical (unpaired) electrons. The molecule has 1 saturated heterocycles. The summed E-state index contributed by atoms with van der Waals surface area (Å²) < 4.78 is 0. The molecule has 1 aromatic rings. The van der Waals surface area contributed by atoms with Gasteiger partial charge in [-0.05, 0) is 37.0 Å². The predicted octanol–water partition coefficient (Wildman–Crippen LogP) is 1.61. The van der Waals surface area contributed by atoms with Crippen LogP contribution in [0.25, 0.3) is 0 Å². The molecule has 2 atom stereocenters. The summed E-state index contributed by atoms with van der Waals surface area (Å²) in [6.45, 7) is 0. The maximum Gasteiger partial charge on any atom is 0.308 e. The normalized spacial score (nSPS) is 27.4. The second-order valence-corrected chi connectivity index (χ2v) is 5.24. The zero-order chi connectivity index (χ0) is 13.4. The summed E-state index contributed by atoms with van der Waals surface area (Å²) in [5.74, 6) is -1.25. The summed E-state index contributed by atoms with van der Waals surface area (Å²) in [5.41, 5.74) is 0.877. The number of likely N-dealkylation sites (tertiary alicyclic amines) is 1. The first-order valence-corrected chi connectivity index (χ1v) is 6.62. The van der Waals surface area contributed by atoms with Crippen LogP contribution in [0.3, 0.4) is 0 Å². The van der Waals surface area contributed by atoms with Crippen LogP contribution in [0.4, 0.5) is 0 Å². The number of nitrogens with zero attached hydrogens (tertiary/aromatic N) is 2. The molecule has 0 aromatic carbocycles. The van der Waals surface area contributed by atoms with Crippen molar-refractivity contribution >= 4 is 11.9 Å². The Morgan fingerprint density at radius 2 is 1.95 bits per heavy atom. The first-order chi connectivity index (χ1) is 9.18. The number of carboxylic acid groups (broad SMARTS) is 1. The van der Waals surface area contributed by atoms with Crippen LogP contribution in [-0.2, 0) is 9.59 Å². The fourth-order valence-electron chi connectivity index (χ4n) is 2.91. The van der Waals surface area contributed by atoms with Crippen LogP contribution >= 0.6 is 0 Å². The Balaban J connectivity index is 2.00. The molecule has 1 aliphatic heterocycles. The molecule has 1 N–H and O–H groups in total. The Labute approximate surface area is 111 Å². The second kappa shape index (κ2) is 4.64. The summed E-state index contributed by atoms with van der Waals surface area (Å²) in [4.78, 5) is 29.4. The molecule has 0 spiro atoms. The third-order valence-electron chi connectivity index (χ3n) is 3.94. The first-order valence-electron chi connectivity index (χ1n) is 6.62. The van der Waals surface area contributed by atoms with Crippen molar-refractivity contribution in [1.82, 2.24) is 9.88 Å². The maximum absolute atomic E-state index is 12.1. The number of carboxylic acids is 1. The fraction of sp³-hybridized carbons (Fsp3) is 0.500. The molecule has 1 amide bonds. The SMILES string of the molecule is O=C(O)[C@H]1CCC(=O)N(C2CC2)[C@H]1c1ccncc1. The molecular weight excluding hydrogens is 244 g/mol. The Bertz CT molecular complexity index is 499. The fourth-order valence-corrected chi connectivity index (χ4v) is 2.91. The molecule has 19 heavy (non-hydrogen) atoms. The highest BCUT2D eigenvalue weighted by atomic mass is 16.4. The van der Waals surface area contributed by atoms with Gasteiger partial charge in [-0.25, -0.2) is 0 Å². The zero-order valence-corrected chi connectivity index (χ0v) is 10.5. The Kier molecular flexibility index (Phi) is 2.97. The molecule has 0 unspecified atom stereocenters. The van der Waals surface area contributed by atoms with Crippen LogP contribution < -0.4 is 0 Å². The summed E-state index contributed by atoms with van der Waals surface area (Å²) in [6.07, 6.45) is 6.04. The molecule has 5 nitrogen and oxygen atoms in total. The minimum absolute atomic E-state index is 0.0850. The molecule has 1 aliphatic carbocycles. The van der Waals surface area contributed by atoms with E-state index in [9.17, 15) is 14.7 Å². The van der Waals surface area contributed by atoms with E-state index in [2.05, 4.69) is 4.98 Å². The van der Waals surface area contributed by atoms with E-state index in [0.29, 0.717) is 12.8 Å². The van der Waals surface area contributed by atoms with Crippen LogP contribution in [0, 0.1) is 5.92 Å². The number of aliphatic carboxylic acids is 1. The van der Waals surface area contributed by atoms with E-state index in [1.807, 2.05) is 12.1 Å². The molecule has 0 bridgehead atoms. The zero-order valence-electron chi connectivity index (χ0n) is 10.5. The van der Waals surface area contributed by atoms with Crippen LogP contribution in [0.1, 0.15) is 37.3 Å². The van der Waals surface area contributed by atoms with Crippen molar-refractivity contribution in [3.8, 4) is 0 Å². The van der Waals surface area contributed by atoms with Crippen molar-refractivity contribution in [3.63, 3.8) is 0 Å². The minimum atomic E-state index is -0.819. The van der Waals surface area contributed by atoms with Crippen molar-refractivity contribution in [3.05, 3.63) is 30.1 Å². The van der Waals surface area contributed by atoms with Crippen molar-refractivity contribution in [2.75, 3.05) is 0 Å². The van der Waals surface area contributed by atoms with Gasteiger partial charge in [0.1, 0.15) is 0 Å². The third kappa shape index (κ3) is 2.20. The van der Waals surface area contributed by atoms with Crippen LogP contribution in [0.5, 0.6) is 0 Å². The van der Waals surface area contributed by atoms with Gasteiger partial charge in [-0.15, -0.1) is 0 Å². The highest BCUT2D eigenvalue weighted by Crippen LogP contribution is 2.43. The first kappa shape index (κ1) is 12.1. The van der Waals surface area contributed by atoms with Gasteiger partial charge in [0, 0.05) is 24.9 Å². The summed E-state index contributed by atoms with van der Waals surface area (Å²) in [5, 5.41) is 9.42. The Morgan fingerprint density at radius 1 is 1.26 bits per heavy atom. The third-order valence-corrected chi connectivity index (χ3v) is 3.94. The second-order valence-electron chi connectivity index (χ2n) is 5.24. The lowest BCUT2D eigenvalue weighted by Gasteiger charge is -2.40. The number of carbonyl (C=O) groups excluding carboxylic acids is 1. The standard InChI is InChI=1S/C14H16N2O3/c17-12-4-3-11(14(18)19)13(16(12)10-1-2-10)9-5-7-15-8-6-9/h5-8,10-11,13H,1-4H2,(H,18,19)/t11-,13-/m0/s1. The number of carbonyl (C=O) groups is 2. The molecule has 2 aliphatic rings. The number of rotatable bonds is 3. The van der Waals surface area contributed by atoms with Gasteiger partial charge in [-0.3, -0.25) is 14.6 Å². The van der Waals surface area contributed by atoms with E-state index >= 15 is 0 Å².